The van der Waals surface area contributed by atoms with Crippen LogP contribution in [0.4, 0.5) is 17.2 Å². The van der Waals surface area contributed by atoms with Crippen molar-refractivity contribution >= 4 is 23.1 Å². The zero-order chi connectivity index (χ0) is 18.5. The van der Waals surface area contributed by atoms with Gasteiger partial charge in [0.15, 0.2) is 0 Å². The standard InChI is InChI=1S/C21H26N4O2/c26-21(19-5-4-10-22-20(19)25-13-15-27-16-14-25)23-17-6-8-18(9-7-17)24-11-2-1-3-12-24/h4-10H,1-3,11-16H2,(H,23,26). The molecule has 2 aromatic rings. The molecular weight excluding hydrogens is 340 g/mol. The molecule has 142 valence electrons. The van der Waals surface area contributed by atoms with E-state index in [1.54, 1.807) is 12.3 Å². The van der Waals surface area contributed by atoms with Crippen LogP contribution >= 0.6 is 0 Å². The molecule has 6 nitrogen and oxygen atoms in total. The average molecular weight is 366 g/mol. The van der Waals surface area contributed by atoms with Gasteiger partial charge in [-0.25, -0.2) is 4.98 Å². The maximum Gasteiger partial charge on any atom is 0.259 e. The van der Waals surface area contributed by atoms with E-state index >= 15 is 0 Å². The summed E-state index contributed by atoms with van der Waals surface area (Å²) in [5, 5.41) is 3.01. The second-order valence-electron chi connectivity index (χ2n) is 7.02. The van der Waals surface area contributed by atoms with E-state index in [1.165, 1.54) is 24.9 Å². The molecule has 0 saturated carbocycles. The fourth-order valence-corrected chi connectivity index (χ4v) is 3.71. The average Bonchev–Trinajstić information content (AvgIpc) is 2.75. The molecule has 6 heteroatoms. The van der Waals surface area contributed by atoms with Crippen LogP contribution in [0.5, 0.6) is 0 Å². The van der Waals surface area contributed by atoms with Gasteiger partial charge in [-0.2, -0.15) is 0 Å². The van der Waals surface area contributed by atoms with Gasteiger partial charge < -0.3 is 19.9 Å². The number of ether oxygens (including phenoxy) is 1. The van der Waals surface area contributed by atoms with Crippen LogP contribution in [0.2, 0.25) is 0 Å². The number of carbonyl (C=O) groups excluding carboxylic acids is 1. The molecule has 0 bridgehead atoms. The maximum absolute atomic E-state index is 12.8. The molecule has 1 amide bonds. The van der Waals surface area contributed by atoms with Crippen molar-refractivity contribution in [3.8, 4) is 0 Å². The molecule has 1 aromatic heterocycles. The SMILES string of the molecule is O=C(Nc1ccc(N2CCCCC2)cc1)c1cccnc1N1CCOCC1. The van der Waals surface area contributed by atoms with E-state index in [2.05, 4.69) is 32.2 Å². The van der Waals surface area contributed by atoms with Gasteiger partial charge in [-0.05, 0) is 55.7 Å². The fourth-order valence-electron chi connectivity index (χ4n) is 3.71. The van der Waals surface area contributed by atoms with Crippen molar-refractivity contribution in [2.75, 3.05) is 54.5 Å². The van der Waals surface area contributed by atoms with Crippen LogP contribution in [0.25, 0.3) is 0 Å². The molecule has 2 fully saturated rings. The molecule has 27 heavy (non-hydrogen) atoms. The highest BCUT2D eigenvalue weighted by atomic mass is 16.5. The lowest BCUT2D eigenvalue weighted by Gasteiger charge is -2.29. The second-order valence-corrected chi connectivity index (χ2v) is 7.02. The predicted octanol–water partition coefficient (Wildman–Crippen LogP) is 3.16. The lowest BCUT2D eigenvalue weighted by molar-refractivity contribution is 0.102. The Morgan fingerprint density at radius 1 is 0.926 bits per heavy atom. The van der Waals surface area contributed by atoms with Crippen molar-refractivity contribution in [1.82, 2.24) is 4.98 Å². The first-order valence-electron chi connectivity index (χ1n) is 9.75. The summed E-state index contributed by atoms with van der Waals surface area (Å²) < 4.78 is 5.40. The van der Waals surface area contributed by atoms with Gasteiger partial charge in [-0.1, -0.05) is 0 Å². The smallest absolute Gasteiger partial charge is 0.259 e. The molecule has 0 atom stereocenters. The number of benzene rings is 1. The summed E-state index contributed by atoms with van der Waals surface area (Å²) in [5.41, 5.74) is 2.63. The third-order valence-corrected chi connectivity index (χ3v) is 5.19. The number of nitrogens with zero attached hydrogens (tertiary/aromatic N) is 3. The summed E-state index contributed by atoms with van der Waals surface area (Å²) in [6.45, 7) is 5.06. The monoisotopic (exact) mass is 366 g/mol. The van der Waals surface area contributed by atoms with Crippen molar-refractivity contribution in [1.29, 1.82) is 0 Å². The van der Waals surface area contributed by atoms with Gasteiger partial charge in [-0.3, -0.25) is 4.79 Å². The molecule has 2 saturated heterocycles. The van der Waals surface area contributed by atoms with E-state index in [1.807, 2.05) is 18.2 Å². The van der Waals surface area contributed by atoms with Crippen LogP contribution in [0, 0.1) is 0 Å². The molecule has 1 N–H and O–H groups in total. The summed E-state index contributed by atoms with van der Waals surface area (Å²) in [7, 11) is 0. The summed E-state index contributed by atoms with van der Waals surface area (Å²) in [5.74, 6) is 0.596. The second kappa shape index (κ2) is 8.39. The molecule has 2 aliphatic heterocycles. The molecular formula is C21H26N4O2. The zero-order valence-corrected chi connectivity index (χ0v) is 15.6. The quantitative estimate of drug-likeness (QED) is 0.901. The number of nitrogens with one attached hydrogen (secondary N) is 1. The van der Waals surface area contributed by atoms with Crippen LogP contribution in [-0.2, 0) is 4.74 Å². The van der Waals surface area contributed by atoms with Gasteiger partial charge in [0.2, 0.25) is 0 Å². The number of hydrogen-bond acceptors (Lipinski definition) is 5. The Morgan fingerprint density at radius 3 is 2.41 bits per heavy atom. The largest absolute Gasteiger partial charge is 0.378 e. The maximum atomic E-state index is 12.8. The Kier molecular flexibility index (Phi) is 5.53. The van der Waals surface area contributed by atoms with Gasteiger partial charge in [0.25, 0.3) is 5.91 Å². The third kappa shape index (κ3) is 4.22. The van der Waals surface area contributed by atoms with E-state index < -0.39 is 0 Å². The number of aromatic nitrogens is 1. The topological polar surface area (TPSA) is 57.7 Å². The van der Waals surface area contributed by atoms with E-state index in [9.17, 15) is 4.79 Å². The molecule has 0 spiro atoms. The summed E-state index contributed by atoms with van der Waals surface area (Å²) >= 11 is 0. The molecule has 0 unspecified atom stereocenters. The highest BCUT2D eigenvalue weighted by molar-refractivity contribution is 6.07. The van der Waals surface area contributed by atoms with Crippen molar-refractivity contribution in [2.24, 2.45) is 0 Å². The Balaban J connectivity index is 1.46. The molecule has 0 radical (unpaired) electrons. The number of rotatable bonds is 4. The number of anilines is 3. The first-order valence-corrected chi connectivity index (χ1v) is 9.75. The van der Waals surface area contributed by atoms with E-state index in [0.717, 1.165) is 37.7 Å². The Morgan fingerprint density at radius 2 is 1.67 bits per heavy atom. The number of carbonyl (C=O) groups is 1. The fraction of sp³-hybridized carbons (Fsp3) is 0.429. The van der Waals surface area contributed by atoms with Crippen LogP contribution < -0.4 is 15.1 Å². The summed E-state index contributed by atoms with van der Waals surface area (Å²) in [6, 6.07) is 11.8. The lowest BCUT2D eigenvalue weighted by atomic mass is 10.1. The minimum Gasteiger partial charge on any atom is -0.378 e. The van der Waals surface area contributed by atoms with Crippen LogP contribution in [-0.4, -0.2) is 50.3 Å². The Labute approximate surface area is 160 Å². The van der Waals surface area contributed by atoms with E-state index in [4.69, 9.17) is 4.74 Å². The van der Waals surface area contributed by atoms with Crippen molar-refractivity contribution in [3.05, 3.63) is 48.2 Å². The normalized spacial score (nSPS) is 17.6. The highest BCUT2D eigenvalue weighted by Gasteiger charge is 2.20. The summed E-state index contributed by atoms with van der Waals surface area (Å²) in [6.07, 6.45) is 5.56. The molecule has 0 aliphatic carbocycles. The number of hydrogen-bond donors (Lipinski definition) is 1. The first-order chi connectivity index (χ1) is 13.3. The van der Waals surface area contributed by atoms with Crippen LogP contribution in [0.3, 0.4) is 0 Å². The van der Waals surface area contributed by atoms with Crippen LogP contribution in [0.15, 0.2) is 42.6 Å². The van der Waals surface area contributed by atoms with Crippen molar-refractivity contribution in [3.63, 3.8) is 0 Å². The molecule has 4 rings (SSSR count). The molecule has 2 aliphatic rings. The summed E-state index contributed by atoms with van der Waals surface area (Å²) in [4.78, 5) is 21.8. The van der Waals surface area contributed by atoms with Gasteiger partial charge in [-0.15, -0.1) is 0 Å². The van der Waals surface area contributed by atoms with Gasteiger partial charge in [0, 0.05) is 43.8 Å². The number of morpholine rings is 1. The minimum absolute atomic E-state index is 0.129. The lowest BCUT2D eigenvalue weighted by Crippen LogP contribution is -2.38. The third-order valence-electron chi connectivity index (χ3n) is 5.19. The van der Waals surface area contributed by atoms with Gasteiger partial charge in [0.1, 0.15) is 5.82 Å². The minimum atomic E-state index is -0.129. The highest BCUT2D eigenvalue weighted by Crippen LogP contribution is 2.23. The van der Waals surface area contributed by atoms with E-state index in [-0.39, 0.29) is 5.91 Å². The molecule has 3 heterocycles. The first kappa shape index (κ1) is 17.8. The van der Waals surface area contributed by atoms with E-state index in [0.29, 0.717) is 18.8 Å². The zero-order valence-electron chi connectivity index (χ0n) is 15.6. The van der Waals surface area contributed by atoms with Crippen molar-refractivity contribution in [2.45, 2.75) is 19.3 Å². The predicted molar refractivity (Wildman–Crippen MR) is 108 cm³/mol. The Hall–Kier alpha value is -2.60. The molecule has 1 aromatic carbocycles. The van der Waals surface area contributed by atoms with Gasteiger partial charge in [0.05, 0.1) is 18.8 Å². The van der Waals surface area contributed by atoms with Crippen molar-refractivity contribution < 1.29 is 9.53 Å². The number of piperidine rings is 1. The number of amides is 1. The van der Waals surface area contributed by atoms with Gasteiger partial charge >= 0.3 is 0 Å². The van der Waals surface area contributed by atoms with Crippen LogP contribution in [0.1, 0.15) is 29.6 Å². The number of pyridine rings is 1. The Bertz CT molecular complexity index is 766.